The van der Waals surface area contributed by atoms with Crippen LogP contribution in [0.15, 0.2) is 24.3 Å². The smallest absolute Gasteiger partial charge is 0.306 e. The lowest BCUT2D eigenvalue weighted by atomic mass is 9.97. The van der Waals surface area contributed by atoms with Gasteiger partial charge in [0.15, 0.2) is 12.4 Å². The Labute approximate surface area is 147 Å². The summed E-state index contributed by atoms with van der Waals surface area (Å²) in [6, 6.07) is 5.46. The van der Waals surface area contributed by atoms with Crippen molar-refractivity contribution in [3.05, 3.63) is 35.6 Å². The van der Waals surface area contributed by atoms with Gasteiger partial charge in [0.1, 0.15) is 5.82 Å². The summed E-state index contributed by atoms with van der Waals surface area (Å²) < 4.78 is 17.8. The summed E-state index contributed by atoms with van der Waals surface area (Å²) in [4.78, 5) is 37.7. The lowest BCUT2D eigenvalue weighted by molar-refractivity contribution is -0.154. The minimum absolute atomic E-state index is 0.0326. The van der Waals surface area contributed by atoms with E-state index >= 15 is 0 Å². The Kier molecular flexibility index (Phi) is 6.67. The maximum Gasteiger partial charge on any atom is 0.306 e. The Bertz CT molecular complexity index is 619. The molecule has 25 heavy (non-hydrogen) atoms. The van der Waals surface area contributed by atoms with Crippen molar-refractivity contribution in [1.29, 1.82) is 0 Å². The highest BCUT2D eigenvalue weighted by atomic mass is 19.1. The van der Waals surface area contributed by atoms with Gasteiger partial charge in [-0.2, -0.15) is 0 Å². The van der Waals surface area contributed by atoms with E-state index in [9.17, 15) is 18.8 Å². The number of hydrogen-bond acceptors (Lipinski definition) is 4. The van der Waals surface area contributed by atoms with Crippen LogP contribution >= 0.6 is 0 Å². The number of halogens is 1. The SMILES string of the molecule is C[C@@H]1CCC[C@@H](C)N1C(=O)COC(=O)CCC(=O)c1ccc(F)cc1. The Morgan fingerprint density at radius 3 is 2.28 bits per heavy atom. The molecule has 1 amide bonds. The van der Waals surface area contributed by atoms with Crippen LogP contribution in [-0.4, -0.2) is 41.3 Å². The van der Waals surface area contributed by atoms with E-state index in [0.717, 1.165) is 19.3 Å². The van der Waals surface area contributed by atoms with E-state index in [0.29, 0.717) is 5.56 Å². The van der Waals surface area contributed by atoms with E-state index in [2.05, 4.69) is 0 Å². The van der Waals surface area contributed by atoms with Gasteiger partial charge in [0.05, 0.1) is 6.42 Å². The second-order valence-electron chi connectivity index (χ2n) is 6.52. The summed E-state index contributed by atoms with van der Waals surface area (Å²) in [6.45, 7) is 3.70. The number of Topliss-reactive ketones (excluding diaryl/α,β-unsaturated/α-hetero) is 1. The van der Waals surface area contributed by atoms with Gasteiger partial charge in [-0.25, -0.2) is 4.39 Å². The van der Waals surface area contributed by atoms with Crippen LogP contribution < -0.4 is 0 Å². The number of esters is 1. The molecule has 1 aliphatic heterocycles. The molecule has 6 heteroatoms. The molecule has 1 heterocycles. The van der Waals surface area contributed by atoms with E-state index < -0.39 is 11.8 Å². The number of ketones is 1. The minimum Gasteiger partial charge on any atom is -0.456 e. The van der Waals surface area contributed by atoms with Crippen LogP contribution in [0.25, 0.3) is 0 Å². The number of carbonyl (C=O) groups is 3. The van der Waals surface area contributed by atoms with Crippen LogP contribution in [0.4, 0.5) is 4.39 Å². The minimum atomic E-state index is -0.582. The van der Waals surface area contributed by atoms with Crippen LogP contribution in [-0.2, 0) is 14.3 Å². The molecule has 1 aliphatic rings. The van der Waals surface area contributed by atoms with Gasteiger partial charge >= 0.3 is 5.97 Å². The molecule has 5 nitrogen and oxygen atoms in total. The van der Waals surface area contributed by atoms with Crippen molar-refractivity contribution in [1.82, 2.24) is 4.90 Å². The van der Waals surface area contributed by atoms with Gasteiger partial charge in [0, 0.05) is 24.1 Å². The van der Waals surface area contributed by atoms with Gasteiger partial charge in [-0.3, -0.25) is 14.4 Å². The monoisotopic (exact) mass is 349 g/mol. The maximum atomic E-state index is 12.8. The number of piperidine rings is 1. The van der Waals surface area contributed by atoms with Crippen molar-refractivity contribution in [3.8, 4) is 0 Å². The molecule has 1 aromatic rings. The van der Waals surface area contributed by atoms with Crippen LogP contribution in [0.3, 0.4) is 0 Å². The van der Waals surface area contributed by atoms with E-state index in [4.69, 9.17) is 4.74 Å². The van der Waals surface area contributed by atoms with E-state index in [1.54, 1.807) is 4.90 Å². The Hall–Kier alpha value is -2.24. The lowest BCUT2D eigenvalue weighted by Crippen LogP contribution is -2.49. The first-order valence-electron chi connectivity index (χ1n) is 8.64. The van der Waals surface area contributed by atoms with Crippen LogP contribution in [0.2, 0.25) is 0 Å². The van der Waals surface area contributed by atoms with Crippen molar-refractivity contribution in [3.63, 3.8) is 0 Å². The second kappa shape index (κ2) is 8.74. The highest BCUT2D eigenvalue weighted by Gasteiger charge is 2.29. The first-order chi connectivity index (χ1) is 11.9. The first kappa shape index (κ1) is 19.1. The molecule has 136 valence electrons. The molecule has 2 rings (SSSR count). The lowest BCUT2D eigenvalue weighted by Gasteiger charge is -2.38. The predicted molar refractivity (Wildman–Crippen MR) is 90.5 cm³/mol. The fourth-order valence-electron chi connectivity index (χ4n) is 3.20. The van der Waals surface area contributed by atoms with Crippen LogP contribution in [0.5, 0.6) is 0 Å². The van der Waals surface area contributed by atoms with Crippen molar-refractivity contribution >= 4 is 17.7 Å². The highest BCUT2D eigenvalue weighted by molar-refractivity contribution is 5.97. The molecule has 0 saturated carbocycles. The number of carbonyl (C=O) groups excluding carboxylic acids is 3. The van der Waals surface area contributed by atoms with Crippen molar-refractivity contribution in [2.75, 3.05) is 6.61 Å². The summed E-state index contributed by atoms with van der Waals surface area (Å²) in [5.74, 6) is -1.46. The highest BCUT2D eigenvalue weighted by Crippen LogP contribution is 2.22. The average molecular weight is 349 g/mol. The van der Waals surface area contributed by atoms with Crippen LogP contribution in [0.1, 0.15) is 56.3 Å². The van der Waals surface area contributed by atoms with Gasteiger partial charge in [0.25, 0.3) is 5.91 Å². The van der Waals surface area contributed by atoms with Crippen LogP contribution in [0, 0.1) is 5.82 Å². The number of rotatable bonds is 6. The van der Waals surface area contributed by atoms with Crippen molar-refractivity contribution < 1.29 is 23.5 Å². The molecule has 0 aliphatic carbocycles. The molecule has 0 bridgehead atoms. The summed E-state index contributed by atoms with van der Waals surface area (Å²) in [7, 11) is 0. The van der Waals surface area contributed by atoms with Gasteiger partial charge < -0.3 is 9.64 Å². The van der Waals surface area contributed by atoms with E-state index in [1.165, 1.54) is 24.3 Å². The molecule has 1 fully saturated rings. The quantitative estimate of drug-likeness (QED) is 0.585. The predicted octanol–water partition coefficient (Wildman–Crippen LogP) is 3.12. The Morgan fingerprint density at radius 2 is 1.68 bits per heavy atom. The summed E-state index contributed by atoms with van der Waals surface area (Å²) >= 11 is 0. The fraction of sp³-hybridized carbons (Fsp3) is 0.526. The first-order valence-corrected chi connectivity index (χ1v) is 8.64. The molecule has 1 saturated heterocycles. The number of benzene rings is 1. The number of nitrogens with zero attached hydrogens (tertiary/aromatic N) is 1. The van der Waals surface area contributed by atoms with Gasteiger partial charge in [-0.15, -0.1) is 0 Å². The van der Waals surface area contributed by atoms with Gasteiger partial charge in [-0.1, -0.05) is 0 Å². The number of likely N-dealkylation sites (tertiary alicyclic amines) is 1. The molecule has 1 aromatic carbocycles. The molecule has 0 radical (unpaired) electrons. The standard InChI is InChI=1S/C19H24FNO4/c1-13-4-3-5-14(2)21(13)18(23)12-25-19(24)11-10-17(22)15-6-8-16(20)9-7-15/h6-9,13-14H,3-5,10-12H2,1-2H3/t13-,14-/m1/s1. The Balaban J connectivity index is 1.75. The zero-order chi connectivity index (χ0) is 18.4. The Morgan fingerprint density at radius 1 is 1.08 bits per heavy atom. The molecule has 0 N–H and O–H groups in total. The van der Waals surface area contributed by atoms with Crippen molar-refractivity contribution in [2.45, 2.75) is 58.0 Å². The van der Waals surface area contributed by atoms with Gasteiger partial charge in [0.2, 0.25) is 0 Å². The fourth-order valence-corrected chi connectivity index (χ4v) is 3.20. The molecule has 0 unspecified atom stereocenters. The number of ether oxygens (including phenoxy) is 1. The number of amides is 1. The third kappa shape index (κ3) is 5.37. The maximum absolute atomic E-state index is 12.8. The zero-order valence-electron chi connectivity index (χ0n) is 14.7. The summed E-state index contributed by atoms with van der Waals surface area (Å²) in [6.07, 6.45) is 2.87. The molecular weight excluding hydrogens is 325 g/mol. The normalized spacial score (nSPS) is 20.2. The third-order valence-electron chi connectivity index (χ3n) is 4.56. The number of hydrogen-bond donors (Lipinski definition) is 0. The molecular formula is C19H24FNO4. The van der Waals surface area contributed by atoms with E-state index in [-0.39, 0.29) is 43.2 Å². The molecule has 0 spiro atoms. The topological polar surface area (TPSA) is 63.7 Å². The second-order valence-corrected chi connectivity index (χ2v) is 6.52. The summed E-state index contributed by atoms with van der Waals surface area (Å²) in [5, 5.41) is 0. The average Bonchev–Trinajstić information content (AvgIpc) is 2.58. The zero-order valence-corrected chi connectivity index (χ0v) is 14.7. The largest absolute Gasteiger partial charge is 0.456 e. The molecule has 0 aromatic heterocycles. The summed E-state index contributed by atoms with van der Waals surface area (Å²) in [5.41, 5.74) is 0.348. The van der Waals surface area contributed by atoms with Gasteiger partial charge in [-0.05, 0) is 57.4 Å². The van der Waals surface area contributed by atoms with E-state index in [1.807, 2.05) is 13.8 Å². The third-order valence-corrected chi connectivity index (χ3v) is 4.56. The van der Waals surface area contributed by atoms with Crippen molar-refractivity contribution in [2.24, 2.45) is 0 Å². The molecule has 2 atom stereocenters.